The van der Waals surface area contributed by atoms with Crippen molar-refractivity contribution in [2.45, 2.75) is 26.8 Å². The first-order valence-electron chi connectivity index (χ1n) is 4.34. The van der Waals surface area contributed by atoms with Crippen LogP contribution in [0.15, 0.2) is 18.3 Å². The van der Waals surface area contributed by atoms with E-state index in [0.717, 1.165) is 5.82 Å². The molecule has 3 heteroatoms. The fourth-order valence-electron chi connectivity index (χ4n) is 1.13. The van der Waals surface area contributed by atoms with Crippen molar-refractivity contribution >= 4 is 5.82 Å². The lowest BCUT2D eigenvalue weighted by molar-refractivity contribution is 0.687. The topological polar surface area (TPSA) is 37.0 Å². The van der Waals surface area contributed by atoms with Gasteiger partial charge in [-0.25, -0.2) is 10.4 Å². The Morgan fingerprint density at radius 1 is 1.42 bits per heavy atom. The molecule has 66 valence electrons. The summed E-state index contributed by atoms with van der Waals surface area (Å²) >= 11 is 0. The van der Waals surface area contributed by atoms with Crippen LogP contribution in [0.25, 0.3) is 0 Å². The molecule has 1 aliphatic rings. The molecule has 1 aromatic heterocycles. The lowest BCUT2D eigenvalue weighted by Crippen LogP contribution is -2.15. The quantitative estimate of drug-likeness (QED) is 0.618. The summed E-state index contributed by atoms with van der Waals surface area (Å²) in [6, 6.07) is 4.40. The molecule has 1 unspecified atom stereocenters. The summed E-state index contributed by atoms with van der Waals surface area (Å²) < 4.78 is 0. The molecule has 2 rings (SSSR count). The van der Waals surface area contributed by atoms with E-state index in [9.17, 15) is 0 Å². The van der Waals surface area contributed by atoms with E-state index in [2.05, 4.69) is 28.8 Å². The Hall–Kier alpha value is -1.09. The molecule has 2 heterocycles. The SMILES string of the molecule is CC.CC1NNc2ncccc21. The highest BCUT2D eigenvalue weighted by molar-refractivity contribution is 5.48. The van der Waals surface area contributed by atoms with Crippen LogP contribution < -0.4 is 10.9 Å². The molecular weight excluding hydrogens is 150 g/mol. The predicted octanol–water partition coefficient (Wildman–Crippen LogP) is 2.10. The fourth-order valence-corrected chi connectivity index (χ4v) is 1.13. The van der Waals surface area contributed by atoms with Gasteiger partial charge in [0, 0.05) is 11.8 Å². The third-order valence-electron chi connectivity index (χ3n) is 1.71. The zero-order valence-corrected chi connectivity index (χ0v) is 7.76. The molecule has 1 atom stereocenters. The Balaban J connectivity index is 0.000000336. The summed E-state index contributed by atoms with van der Waals surface area (Å²) in [5, 5.41) is 0. The average molecular weight is 165 g/mol. The molecule has 0 fully saturated rings. The molecule has 1 aliphatic heterocycles. The summed E-state index contributed by atoms with van der Waals surface area (Å²) in [4.78, 5) is 4.14. The zero-order valence-electron chi connectivity index (χ0n) is 7.76. The molecule has 2 N–H and O–H groups in total. The van der Waals surface area contributed by atoms with Gasteiger partial charge in [0.1, 0.15) is 5.82 Å². The van der Waals surface area contributed by atoms with Crippen molar-refractivity contribution in [2.75, 3.05) is 5.43 Å². The van der Waals surface area contributed by atoms with Gasteiger partial charge in [0.2, 0.25) is 0 Å². The Bertz CT molecular complexity index is 247. The molecule has 0 saturated heterocycles. The minimum absolute atomic E-state index is 0.378. The van der Waals surface area contributed by atoms with Gasteiger partial charge in [-0.15, -0.1) is 0 Å². The molecule has 0 aromatic carbocycles. The lowest BCUT2D eigenvalue weighted by Gasteiger charge is -1.98. The van der Waals surface area contributed by atoms with Gasteiger partial charge in [0.05, 0.1) is 6.04 Å². The van der Waals surface area contributed by atoms with Crippen LogP contribution in [0.2, 0.25) is 0 Å². The van der Waals surface area contributed by atoms with E-state index in [1.54, 1.807) is 6.20 Å². The molecule has 0 spiro atoms. The second-order valence-electron chi connectivity index (χ2n) is 2.43. The molecule has 3 nitrogen and oxygen atoms in total. The van der Waals surface area contributed by atoms with Crippen LogP contribution in [0.4, 0.5) is 5.82 Å². The van der Waals surface area contributed by atoms with Crippen molar-refractivity contribution in [3.63, 3.8) is 0 Å². The van der Waals surface area contributed by atoms with E-state index in [1.807, 2.05) is 19.9 Å². The summed E-state index contributed by atoms with van der Waals surface area (Å²) in [7, 11) is 0. The number of nitrogens with one attached hydrogen (secondary N) is 2. The number of hydrogen-bond donors (Lipinski definition) is 2. The molecule has 0 saturated carbocycles. The number of hydrazine groups is 1. The van der Waals surface area contributed by atoms with Gasteiger partial charge in [-0.3, -0.25) is 0 Å². The van der Waals surface area contributed by atoms with Crippen LogP contribution in [0.3, 0.4) is 0 Å². The molecule has 0 aliphatic carbocycles. The number of pyridine rings is 1. The van der Waals surface area contributed by atoms with E-state index < -0.39 is 0 Å². The monoisotopic (exact) mass is 165 g/mol. The first-order valence-corrected chi connectivity index (χ1v) is 4.34. The Kier molecular flexibility index (Phi) is 3.05. The highest BCUT2D eigenvalue weighted by Gasteiger charge is 2.16. The smallest absolute Gasteiger partial charge is 0.144 e. The van der Waals surface area contributed by atoms with Crippen molar-refractivity contribution in [2.24, 2.45) is 0 Å². The van der Waals surface area contributed by atoms with Gasteiger partial charge in [-0.1, -0.05) is 19.9 Å². The number of rotatable bonds is 0. The van der Waals surface area contributed by atoms with E-state index in [1.165, 1.54) is 5.56 Å². The lowest BCUT2D eigenvalue weighted by atomic mass is 10.1. The number of anilines is 1. The van der Waals surface area contributed by atoms with Gasteiger partial charge in [-0.2, -0.15) is 0 Å². The third kappa shape index (κ3) is 1.56. The standard InChI is InChI=1S/C7H9N3.C2H6/c1-5-6-3-2-4-8-7(6)10-9-5;1-2/h2-5,9H,1H3,(H,8,10);1-2H3. The number of nitrogens with zero attached hydrogens (tertiary/aromatic N) is 1. The minimum atomic E-state index is 0.378. The second-order valence-corrected chi connectivity index (χ2v) is 2.43. The molecular formula is C9H15N3. The van der Waals surface area contributed by atoms with Gasteiger partial charge >= 0.3 is 0 Å². The van der Waals surface area contributed by atoms with Gasteiger partial charge in [-0.05, 0) is 13.0 Å². The fraction of sp³-hybridized carbons (Fsp3) is 0.444. The van der Waals surface area contributed by atoms with Crippen molar-refractivity contribution in [3.8, 4) is 0 Å². The van der Waals surface area contributed by atoms with Crippen LogP contribution in [0, 0.1) is 0 Å². The maximum Gasteiger partial charge on any atom is 0.144 e. The predicted molar refractivity (Wildman–Crippen MR) is 50.8 cm³/mol. The molecule has 12 heavy (non-hydrogen) atoms. The van der Waals surface area contributed by atoms with Crippen molar-refractivity contribution in [1.29, 1.82) is 0 Å². The van der Waals surface area contributed by atoms with Crippen molar-refractivity contribution < 1.29 is 0 Å². The van der Waals surface area contributed by atoms with E-state index in [4.69, 9.17) is 0 Å². The van der Waals surface area contributed by atoms with Gasteiger partial charge in [0.25, 0.3) is 0 Å². The summed E-state index contributed by atoms with van der Waals surface area (Å²) in [6.45, 7) is 6.10. The summed E-state index contributed by atoms with van der Waals surface area (Å²) in [6.07, 6.45) is 1.78. The highest BCUT2D eigenvalue weighted by Crippen LogP contribution is 2.23. The summed E-state index contributed by atoms with van der Waals surface area (Å²) in [5.74, 6) is 0.954. The average Bonchev–Trinajstić information content (AvgIpc) is 2.53. The van der Waals surface area contributed by atoms with Crippen LogP contribution in [-0.2, 0) is 0 Å². The van der Waals surface area contributed by atoms with Crippen molar-refractivity contribution in [1.82, 2.24) is 10.4 Å². The van der Waals surface area contributed by atoms with E-state index in [0.29, 0.717) is 6.04 Å². The van der Waals surface area contributed by atoms with Crippen LogP contribution in [-0.4, -0.2) is 4.98 Å². The van der Waals surface area contributed by atoms with Crippen LogP contribution in [0.5, 0.6) is 0 Å². The number of aromatic nitrogens is 1. The maximum atomic E-state index is 4.14. The molecule has 0 radical (unpaired) electrons. The largest absolute Gasteiger partial charge is 0.305 e. The van der Waals surface area contributed by atoms with E-state index in [-0.39, 0.29) is 0 Å². The third-order valence-corrected chi connectivity index (χ3v) is 1.71. The van der Waals surface area contributed by atoms with Crippen LogP contribution in [0.1, 0.15) is 32.4 Å². The normalized spacial score (nSPS) is 18.8. The van der Waals surface area contributed by atoms with Gasteiger partial charge < -0.3 is 5.43 Å². The highest BCUT2D eigenvalue weighted by atomic mass is 15.4. The first-order chi connectivity index (χ1) is 5.88. The van der Waals surface area contributed by atoms with E-state index >= 15 is 0 Å². The van der Waals surface area contributed by atoms with Gasteiger partial charge in [0.15, 0.2) is 0 Å². The molecule has 0 amide bonds. The first kappa shape index (κ1) is 9.00. The second kappa shape index (κ2) is 4.07. The molecule has 1 aromatic rings. The maximum absolute atomic E-state index is 4.14. The van der Waals surface area contributed by atoms with Crippen LogP contribution >= 0.6 is 0 Å². The van der Waals surface area contributed by atoms with Crippen molar-refractivity contribution in [3.05, 3.63) is 23.9 Å². The number of fused-ring (bicyclic) bond motifs is 1. The minimum Gasteiger partial charge on any atom is -0.305 e. The summed E-state index contributed by atoms with van der Waals surface area (Å²) in [5.41, 5.74) is 7.30. The Morgan fingerprint density at radius 2 is 2.17 bits per heavy atom. The Labute approximate surface area is 73.2 Å². The zero-order chi connectivity index (χ0) is 8.97. The Morgan fingerprint density at radius 3 is 2.83 bits per heavy atom. The molecule has 0 bridgehead atoms. The number of hydrogen-bond acceptors (Lipinski definition) is 3.